The molecule has 4 aromatic rings. The lowest BCUT2D eigenvalue weighted by atomic mass is 10.1. The molecule has 1 aliphatic heterocycles. The van der Waals surface area contributed by atoms with E-state index in [1.807, 2.05) is 71.6 Å². The monoisotopic (exact) mass is 445 g/mol. The molecule has 0 atom stereocenters. The van der Waals surface area contributed by atoms with E-state index in [4.69, 9.17) is 14.5 Å². The number of carbonyl (C=O) groups excluding carboxylic acids is 1. The Morgan fingerprint density at radius 3 is 2.38 bits per heavy atom. The van der Waals surface area contributed by atoms with Crippen LogP contribution in [0.15, 0.2) is 72.8 Å². The van der Waals surface area contributed by atoms with E-state index in [0.29, 0.717) is 30.2 Å². The van der Waals surface area contributed by atoms with E-state index in [1.54, 1.807) is 18.4 Å². The van der Waals surface area contributed by atoms with Gasteiger partial charge in [0.1, 0.15) is 22.8 Å². The highest BCUT2D eigenvalue weighted by atomic mass is 32.1. The fourth-order valence-corrected chi connectivity index (χ4v) is 4.87. The zero-order chi connectivity index (χ0) is 21.9. The van der Waals surface area contributed by atoms with Gasteiger partial charge in [0.15, 0.2) is 5.13 Å². The average molecular weight is 446 g/mol. The number of nitrogens with zero attached hydrogens (tertiary/aromatic N) is 3. The van der Waals surface area contributed by atoms with Crippen molar-refractivity contribution in [1.82, 2.24) is 9.88 Å². The summed E-state index contributed by atoms with van der Waals surface area (Å²) < 4.78 is 12.5. The number of amides is 1. The predicted octanol–water partition coefficient (Wildman–Crippen LogP) is 5.06. The van der Waals surface area contributed by atoms with E-state index in [9.17, 15) is 4.79 Å². The lowest BCUT2D eigenvalue weighted by molar-refractivity contribution is 0.0744. The summed E-state index contributed by atoms with van der Waals surface area (Å²) in [7, 11) is 1.66. The average Bonchev–Trinajstić information content (AvgIpc) is 3.29. The zero-order valence-corrected chi connectivity index (χ0v) is 18.5. The molecule has 5 rings (SSSR count). The Kier molecular flexibility index (Phi) is 5.64. The van der Waals surface area contributed by atoms with Crippen LogP contribution in [0.2, 0.25) is 0 Å². The fourth-order valence-electron chi connectivity index (χ4n) is 3.83. The number of para-hydroxylation sites is 3. The van der Waals surface area contributed by atoms with Crippen molar-refractivity contribution in [2.45, 2.75) is 0 Å². The maximum absolute atomic E-state index is 13.3. The molecule has 1 saturated heterocycles. The van der Waals surface area contributed by atoms with Crippen LogP contribution in [0.25, 0.3) is 10.2 Å². The molecule has 162 valence electrons. The van der Waals surface area contributed by atoms with Crippen LogP contribution in [0.5, 0.6) is 17.2 Å². The number of piperazine rings is 1. The summed E-state index contributed by atoms with van der Waals surface area (Å²) in [5, 5.41) is 0.962. The number of thiazole rings is 1. The second-order valence-corrected chi connectivity index (χ2v) is 8.50. The molecular weight excluding hydrogens is 422 g/mol. The Labute approximate surface area is 190 Å². The van der Waals surface area contributed by atoms with Gasteiger partial charge in [-0.2, -0.15) is 0 Å². The molecule has 2 heterocycles. The second-order valence-electron chi connectivity index (χ2n) is 7.49. The Morgan fingerprint density at radius 1 is 0.875 bits per heavy atom. The van der Waals surface area contributed by atoms with E-state index in [-0.39, 0.29) is 5.91 Å². The van der Waals surface area contributed by atoms with Crippen molar-refractivity contribution in [3.63, 3.8) is 0 Å². The molecule has 32 heavy (non-hydrogen) atoms. The van der Waals surface area contributed by atoms with E-state index in [2.05, 4.69) is 11.0 Å². The number of hydrogen-bond donors (Lipinski definition) is 0. The maximum atomic E-state index is 13.3. The van der Waals surface area contributed by atoms with E-state index in [1.165, 1.54) is 0 Å². The van der Waals surface area contributed by atoms with Crippen molar-refractivity contribution in [3.05, 3.63) is 78.4 Å². The molecule has 7 heteroatoms. The molecule has 6 nitrogen and oxygen atoms in total. The molecule has 0 radical (unpaired) electrons. The van der Waals surface area contributed by atoms with Gasteiger partial charge in [-0.3, -0.25) is 4.79 Å². The SMILES string of the molecule is COc1cccc2sc(N3CCN(C(=O)c4ccccc4Oc4ccccc4)CC3)nc12. The molecule has 0 spiro atoms. The van der Waals surface area contributed by atoms with Crippen LogP contribution >= 0.6 is 11.3 Å². The van der Waals surface area contributed by atoms with E-state index < -0.39 is 0 Å². The first-order chi connectivity index (χ1) is 15.7. The molecule has 3 aromatic carbocycles. The van der Waals surface area contributed by atoms with Crippen LogP contribution in [-0.4, -0.2) is 49.1 Å². The molecule has 0 saturated carbocycles. The minimum atomic E-state index is -0.0119. The summed E-state index contributed by atoms with van der Waals surface area (Å²) in [6, 6.07) is 22.9. The van der Waals surface area contributed by atoms with Crippen LogP contribution in [0.4, 0.5) is 5.13 Å². The van der Waals surface area contributed by atoms with Crippen molar-refractivity contribution < 1.29 is 14.3 Å². The van der Waals surface area contributed by atoms with E-state index >= 15 is 0 Å². The van der Waals surface area contributed by atoms with Gasteiger partial charge in [0.05, 0.1) is 17.4 Å². The highest BCUT2D eigenvalue weighted by molar-refractivity contribution is 7.22. The zero-order valence-electron chi connectivity index (χ0n) is 17.7. The summed E-state index contributed by atoms with van der Waals surface area (Å²) in [6.07, 6.45) is 0. The molecule has 1 aromatic heterocycles. The first kappa shape index (κ1) is 20.3. The molecule has 1 aliphatic rings. The van der Waals surface area contributed by atoms with Gasteiger partial charge in [0.2, 0.25) is 0 Å². The summed E-state index contributed by atoms with van der Waals surface area (Å²) >= 11 is 1.65. The molecule has 1 fully saturated rings. The highest BCUT2D eigenvalue weighted by Crippen LogP contribution is 2.34. The smallest absolute Gasteiger partial charge is 0.257 e. The van der Waals surface area contributed by atoms with Gasteiger partial charge in [0.25, 0.3) is 5.91 Å². The van der Waals surface area contributed by atoms with Crippen LogP contribution in [0.1, 0.15) is 10.4 Å². The molecular formula is C25H23N3O3S. The fraction of sp³-hybridized carbons (Fsp3) is 0.200. The Hall–Kier alpha value is -3.58. The Balaban J connectivity index is 1.29. The quantitative estimate of drug-likeness (QED) is 0.430. The molecule has 0 N–H and O–H groups in total. The second kappa shape index (κ2) is 8.88. The molecule has 0 unspecified atom stereocenters. The van der Waals surface area contributed by atoms with Crippen LogP contribution < -0.4 is 14.4 Å². The summed E-state index contributed by atoms with van der Waals surface area (Å²) in [5.41, 5.74) is 1.47. The number of fused-ring (bicyclic) bond motifs is 1. The largest absolute Gasteiger partial charge is 0.494 e. The maximum Gasteiger partial charge on any atom is 0.257 e. The summed E-state index contributed by atoms with van der Waals surface area (Å²) in [5.74, 6) is 2.06. The Bertz CT molecular complexity index is 1230. The number of anilines is 1. The van der Waals surface area contributed by atoms with Crippen molar-refractivity contribution in [3.8, 4) is 17.2 Å². The van der Waals surface area contributed by atoms with Gasteiger partial charge in [-0.15, -0.1) is 0 Å². The third-order valence-corrected chi connectivity index (χ3v) is 6.60. The normalized spacial score (nSPS) is 13.9. The van der Waals surface area contributed by atoms with Gasteiger partial charge in [-0.1, -0.05) is 47.7 Å². The Morgan fingerprint density at radius 2 is 1.59 bits per heavy atom. The number of benzene rings is 3. The third-order valence-electron chi connectivity index (χ3n) is 5.52. The van der Waals surface area contributed by atoms with Gasteiger partial charge >= 0.3 is 0 Å². The molecule has 0 aliphatic carbocycles. The number of rotatable bonds is 5. The first-order valence-electron chi connectivity index (χ1n) is 10.5. The molecule has 1 amide bonds. The number of aromatic nitrogens is 1. The summed E-state index contributed by atoms with van der Waals surface area (Å²) in [6.45, 7) is 2.72. The van der Waals surface area contributed by atoms with Crippen LogP contribution in [0, 0.1) is 0 Å². The minimum Gasteiger partial charge on any atom is -0.494 e. The summed E-state index contributed by atoms with van der Waals surface area (Å²) in [4.78, 5) is 22.2. The van der Waals surface area contributed by atoms with E-state index in [0.717, 1.165) is 34.2 Å². The van der Waals surface area contributed by atoms with Crippen molar-refractivity contribution >= 4 is 32.6 Å². The predicted molar refractivity (Wildman–Crippen MR) is 127 cm³/mol. The molecule has 0 bridgehead atoms. The van der Waals surface area contributed by atoms with Crippen molar-refractivity contribution in [2.24, 2.45) is 0 Å². The lowest BCUT2D eigenvalue weighted by Gasteiger charge is -2.34. The van der Waals surface area contributed by atoms with Gasteiger partial charge in [-0.25, -0.2) is 4.98 Å². The lowest BCUT2D eigenvalue weighted by Crippen LogP contribution is -2.48. The standard InChI is InChI=1S/C25H23N3O3S/c1-30-21-12-7-13-22-23(21)26-25(32-22)28-16-14-27(15-17-28)24(29)19-10-5-6-11-20(19)31-18-8-3-2-4-9-18/h2-13H,14-17H2,1H3. The van der Waals surface area contributed by atoms with Gasteiger partial charge < -0.3 is 19.3 Å². The number of carbonyl (C=O) groups is 1. The first-order valence-corrected chi connectivity index (χ1v) is 11.3. The van der Waals surface area contributed by atoms with Gasteiger partial charge in [0, 0.05) is 26.2 Å². The van der Waals surface area contributed by atoms with Crippen molar-refractivity contribution in [1.29, 1.82) is 0 Å². The highest BCUT2D eigenvalue weighted by Gasteiger charge is 2.26. The minimum absolute atomic E-state index is 0.0119. The van der Waals surface area contributed by atoms with Crippen LogP contribution in [0.3, 0.4) is 0 Å². The van der Waals surface area contributed by atoms with Gasteiger partial charge in [-0.05, 0) is 36.4 Å². The third kappa shape index (κ3) is 3.99. The number of methoxy groups -OCH3 is 1. The van der Waals surface area contributed by atoms with Crippen molar-refractivity contribution in [2.75, 3.05) is 38.2 Å². The number of hydrogen-bond acceptors (Lipinski definition) is 6. The number of ether oxygens (including phenoxy) is 2. The topological polar surface area (TPSA) is 54.9 Å². The van der Waals surface area contributed by atoms with Crippen LogP contribution in [-0.2, 0) is 0 Å².